The first kappa shape index (κ1) is 28.2. The van der Waals surface area contributed by atoms with Gasteiger partial charge in [0.15, 0.2) is 0 Å². The molecule has 0 saturated carbocycles. The van der Waals surface area contributed by atoms with Crippen LogP contribution in [0.2, 0.25) is 0 Å². The molecule has 41 heavy (non-hydrogen) atoms. The Bertz CT molecular complexity index is 1980. The van der Waals surface area contributed by atoms with Crippen LogP contribution >= 0.6 is 0 Å². The Morgan fingerprint density at radius 2 is 1.37 bits per heavy atom. The number of rotatable bonds is 9. The molecule has 5 rings (SSSR count). The number of aromatic nitrogens is 1. The van der Waals surface area contributed by atoms with E-state index < -0.39 is 31.7 Å². The van der Waals surface area contributed by atoms with Crippen LogP contribution in [0.4, 0.5) is 5.69 Å². The lowest BCUT2D eigenvalue weighted by atomic mass is 10.1. The zero-order valence-electron chi connectivity index (χ0n) is 22.2. The summed E-state index contributed by atoms with van der Waals surface area (Å²) in [7, 11) is -7.90. The number of hydrogen-bond donors (Lipinski definition) is 2. The molecule has 4 aromatic carbocycles. The maximum Gasteiger partial charge on any atom is 0.347 e. The van der Waals surface area contributed by atoms with Gasteiger partial charge in [-0.05, 0) is 67.8 Å². The second-order valence-electron chi connectivity index (χ2n) is 9.57. The predicted molar refractivity (Wildman–Crippen MR) is 157 cm³/mol. The van der Waals surface area contributed by atoms with Crippen LogP contribution in [0.15, 0.2) is 116 Å². The molecule has 0 saturated heterocycles. The fourth-order valence-electron chi connectivity index (χ4n) is 4.40. The number of sulfonamides is 2. The molecular weight excluding hydrogens is 562 g/mol. The molecule has 1 atom stereocenters. The van der Waals surface area contributed by atoms with Gasteiger partial charge >= 0.3 is 5.63 Å². The highest BCUT2D eigenvalue weighted by Gasteiger charge is 2.27. The molecule has 0 fully saturated rings. The largest absolute Gasteiger partial charge is 0.406 e. The molecule has 0 aliphatic rings. The molecule has 210 valence electrons. The molecule has 0 aliphatic carbocycles. The van der Waals surface area contributed by atoms with Gasteiger partial charge in [-0.15, -0.1) is 0 Å². The van der Waals surface area contributed by atoms with Gasteiger partial charge in [0.25, 0.3) is 10.0 Å². The van der Waals surface area contributed by atoms with Crippen molar-refractivity contribution in [2.24, 2.45) is 0 Å². The molecule has 0 bridgehead atoms. The lowest BCUT2D eigenvalue weighted by molar-refractivity contribution is 0.391. The number of nitrogens with one attached hydrogen (secondary N) is 2. The Kier molecular flexibility index (Phi) is 7.76. The molecule has 11 heteroatoms. The van der Waals surface area contributed by atoms with E-state index in [9.17, 15) is 21.6 Å². The number of nitrogens with zero attached hydrogens (tertiary/aromatic N) is 1. The summed E-state index contributed by atoms with van der Waals surface area (Å²) in [5.41, 5.74) is 1.71. The molecule has 0 aliphatic heterocycles. The first-order valence-corrected chi connectivity index (χ1v) is 15.7. The van der Waals surface area contributed by atoms with Gasteiger partial charge in [-0.3, -0.25) is 4.72 Å². The van der Waals surface area contributed by atoms with Gasteiger partial charge in [0.1, 0.15) is 6.04 Å². The second kappa shape index (κ2) is 11.3. The third-order valence-electron chi connectivity index (χ3n) is 6.58. The van der Waals surface area contributed by atoms with Crippen molar-refractivity contribution in [2.75, 3.05) is 4.72 Å². The summed E-state index contributed by atoms with van der Waals surface area (Å²) in [6.07, 6.45) is 0.168. The van der Waals surface area contributed by atoms with Crippen LogP contribution in [0.1, 0.15) is 28.6 Å². The number of benzene rings is 4. The van der Waals surface area contributed by atoms with E-state index in [0.29, 0.717) is 5.56 Å². The summed E-state index contributed by atoms with van der Waals surface area (Å²) in [6.45, 7) is 3.45. The van der Waals surface area contributed by atoms with E-state index in [-0.39, 0.29) is 38.7 Å². The Labute approximate surface area is 238 Å². The SMILES string of the molecule is Cc1ccc(S(=O)(=O)NC(Cc2ccccc2)c2nc3ccc(NS(=O)(=O)c4ccccc4)c(C)c3c(=O)o2)cc1. The smallest absolute Gasteiger partial charge is 0.347 e. The monoisotopic (exact) mass is 589 g/mol. The Balaban J connectivity index is 1.54. The van der Waals surface area contributed by atoms with Crippen molar-refractivity contribution in [1.29, 1.82) is 0 Å². The number of hydrogen-bond acceptors (Lipinski definition) is 7. The van der Waals surface area contributed by atoms with Gasteiger partial charge in [0.2, 0.25) is 15.9 Å². The summed E-state index contributed by atoms with van der Waals surface area (Å²) in [4.78, 5) is 17.9. The molecule has 1 unspecified atom stereocenters. The van der Waals surface area contributed by atoms with E-state index in [1.54, 1.807) is 37.3 Å². The van der Waals surface area contributed by atoms with Gasteiger partial charge in [0.05, 0.1) is 26.4 Å². The average Bonchev–Trinajstić information content (AvgIpc) is 2.95. The first-order valence-electron chi connectivity index (χ1n) is 12.7. The van der Waals surface area contributed by atoms with Crippen LogP contribution in [0.3, 0.4) is 0 Å². The summed E-state index contributed by atoms with van der Waals surface area (Å²) >= 11 is 0. The lowest BCUT2D eigenvalue weighted by Crippen LogP contribution is -2.31. The molecule has 0 amide bonds. The fourth-order valence-corrected chi connectivity index (χ4v) is 6.73. The molecular formula is C30H27N3O6S2. The molecule has 1 heterocycles. The summed E-state index contributed by atoms with van der Waals surface area (Å²) in [5.74, 6) is -0.112. The van der Waals surface area contributed by atoms with Crippen LogP contribution in [0.5, 0.6) is 0 Å². The number of aryl methyl sites for hydroxylation is 2. The Hall–Kier alpha value is -4.32. The second-order valence-corrected chi connectivity index (χ2v) is 13.0. The molecule has 5 aromatic rings. The van der Waals surface area contributed by atoms with Crippen LogP contribution in [0.25, 0.3) is 10.9 Å². The van der Waals surface area contributed by atoms with E-state index >= 15 is 0 Å². The minimum Gasteiger partial charge on any atom is -0.406 e. The van der Waals surface area contributed by atoms with Crippen LogP contribution in [0, 0.1) is 13.8 Å². The summed E-state index contributed by atoms with van der Waals surface area (Å²) in [6, 6.07) is 25.4. The quantitative estimate of drug-likeness (QED) is 0.250. The molecule has 0 radical (unpaired) electrons. The zero-order chi connectivity index (χ0) is 29.2. The van der Waals surface area contributed by atoms with Crippen molar-refractivity contribution in [2.45, 2.75) is 36.1 Å². The van der Waals surface area contributed by atoms with Crippen molar-refractivity contribution in [3.8, 4) is 0 Å². The highest BCUT2D eigenvalue weighted by Crippen LogP contribution is 2.27. The van der Waals surface area contributed by atoms with E-state index in [4.69, 9.17) is 4.42 Å². The van der Waals surface area contributed by atoms with Gasteiger partial charge < -0.3 is 4.42 Å². The average molecular weight is 590 g/mol. The molecule has 9 nitrogen and oxygen atoms in total. The maximum atomic E-state index is 13.3. The Morgan fingerprint density at radius 1 is 0.756 bits per heavy atom. The van der Waals surface area contributed by atoms with Crippen molar-refractivity contribution in [3.05, 3.63) is 130 Å². The minimum atomic E-state index is -4.00. The van der Waals surface area contributed by atoms with Crippen molar-refractivity contribution in [1.82, 2.24) is 9.71 Å². The Morgan fingerprint density at radius 3 is 2.02 bits per heavy atom. The number of fused-ring (bicyclic) bond motifs is 1. The number of anilines is 1. The molecule has 1 aromatic heterocycles. The fraction of sp³-hybridized carbons (Fsp3) is 0.133. The maximum absolute atomic E-state index is 13.3. The summed E-state index contributed by atoms with van der Waals surface area (Å²) < 4.78 is 63.1. The van der Waals surface area contributed by atoms with Crippen molar-refractivity contribution >= 4 is 36.6 Å². The van der Waals surface area contributed by atoms with Gasteiger partial charge in [-0.2, -0.15) is 4.72 Å². The van der Waals surface area contributed by atoms with E-state index in [2.05, 4.69) is 14.4 Å². The standard InChI is InChI=1S/C30H27N3O6S2/c1-20-13-15-24(16-14-20)41(37,38)33-27(19-22-9-5-3-6-10-22)29-31-26-18-17-25(21(2)28(26)30(34)39-29)32-40(35,36)23-11-7-4-8-12-23/h3-18,27,32-33H,19H2,1-2H3. The van der Waals surface area contributed by atoms with Gasteiger partial charge in [0, 0.05) is 0 Å². The van der Waals surface area contributed by atoms with E-state index in [1.165, 1.54) is 36.4 Å². The van der Waals surface area contributed by atoms with Gasteiger partial charge in [-0.1, -0.05) is 66.2 Å². The highest BCUT2D eigenvalue weighted by atomic mass is 32.2. The van der Waals surface area contributed by atoms with Crippen molar-refractivity contribution in [3.63, 3.8) is 0 Å². The zero-order valence-corrected chi connectivity index (χ0v) is 23.9. The van der Waals surface area contributed by atoms with E-state index in [1.807, 2.05) is 37.3 Å². The normalized spacial score (nSPS) is 12.7. The predicted octanol–water partition coefficient (Wildman–Crippen LogP) is 4.87. The van der Waals surface area contributed by atoms with Crippen LogP contribution < -0.4 is 15.1 Å². The third-order valence-corrected chi connectivity index (χ3v) is 9.45. The van der Waals surface area contributed by atoms with Gasteiger partial charge in [-0.25, -0.2) is 26.6 Å². The van der Waals surface area contributed by atoms with Crippen LogP contribution in [-0.2, 0) is 26.5 Å². The van der Waals surface area contributed by atoms with Crippen LogP contribution in [-0.4, -0.2) is 21.8 Å². The molecule has 2 N–H and O–H groups in total. The highest BCUT2D eigenvalue weighted by molar-refractivity contribution is 7.92. The lowest BCUT2D eigenvalue weighted by Gasteiger charge is -2.18. The first-order chi connectivity index (χ1) is 19.5. The third kappa shape index (κ3) is 6.22. The topological polar surface area (TPSA) is 135 Å². The summed E-state index contributed by atoms with van der Waals surface area (Å²) in [5, 5.41) is 0.0851. The van der Waals surface area contributed by atoms with Crippen molar-refractivity contribution < 1.29 is 21.3 Å². The molecule has 0 spiro atoms. The minimum absolute atomic E-state index is 0.0653. The van der Waals surface area contributed by atoms with E-state index in [0.717, 1.165) is 11.1 Å².